The van der Waals surface area contributed by atoms with E-state index in [-0.39, 0.29) is 66.4 Å². The Morgan fingerprint density at radius 1 is 1.02 bits per heavy atom. The number of allylic oxidation sites excluding steroid dienone is 2. The number of carboxylic acid groups (broad SMARTS) is 1. The molecule has 4 fully saturated rings. The number of carbonyl (C=O) groups is 1. The van der Waals surface area contributed by atoms with Gasteiger partial charge in [0, 0.05) is 77.5 Å². The SMILES string of the molecule is CCc1c2[nH]c(c1C)C=C1NC(CC3NC(C4CC(O)C5C(C)C(C2)NC45)[C@@H](CCC(=O)O)[C@@H]3C)C(C)C1=C(C)O. The number of aliphatic carboxylic acids is 1. The molecular formula is C33H50N4O4. The lowest BCUT2D eigenvalue weighted by atomic mass is 9.77. The van der Waals surface area contributed by atoms with Crippen molar-refractivity contribution in [2.75, 3.05) is 0 Å². The molecule has 10 unspecified atom stereocenters. The number of H-pyrrole nitrogens is 1. The zero-order valence-corrected chi connectivity index (χ0v) is 25.5. The van der Waals surface area contributed by atoms with E-state index in [0.717, 1.165) is 42.6 Å². The minimum Gasteiger partial charge on any atom is -0.512 e. The summed E-state index contributed by atoms with van der Waals surface area (Å²) in [6, 6.07) is 1.02. The molecule has 6 rings (SSSR count). The van der Waals surface area contributed by atoms with Crippen LogP contribution in [0, 0.1) is 42.4 Å². The van der Waals surface area contributed by atoms with Crippen molar-refractivity contribution in [3.8, 4) is 0 Å². The molecule has 1 aliphatic carbocycles. The maximum Gasteiger partial charge on any atom is 0.303 e. The fourth-order valence-electron chi connectivity index (χ4n) is 9.82. The maximum absolute atomic E-state index is 11.7. The Balaban J connectivity index is 1.45. The van der Waals surface area contributed by atoms with Gasteiger partial charge in [-0.1, -0.05) is 27.7 Å². The summed E-state index contributed by atoms with van der Waals surface area (Å²) in [5, 5.41) is 43.6. The first-order valence-electron chi connectivity index (χ1n) is 16.0. The molecule has 8 heteroatoms. The largest absolute Gasteiger partial charge is 0.512 e. The van der Waals surface area contributed by atoms with Crippen molar-refractivity contribution in [3.63, 3.8) is 0 Å². The van der Waals surface area contributed by atoms with Crippen molar-refractivity contribution >= 4 is 12.0 Å². The van der Waals surface area contributed by atoms with E-state index in [1.54, 1.807) is 6.92 Å². The van der Waals surface area contributed by atoms with Gasteiger partial charge in [0.2, 0.25) is 0 Å². The second kappa shape index (κ2) is 10.8. The van der Waals surface area contributed by atoms with Gasteiger partial charge in [-0.2, -0.15) is 0 Å². The second-order valence-corrected chi connectivity index (χ2v) is 14.0. The molecule has 3 saturated heterocycles. The normalized spacial score (nSPS) is 42.8. The Labute approximate surface area is 244 Å². The highest BCUT2D eigenvalue weighted by Crippen LogP contribution is 2.49. The fraction of sp³-hybridized carbons (Fsp3) is 0.727. The monoisotopic (exact) mass is 566 g/mol. The summed E-state index contributed by atoms with van der Waals surface area (Å²) in [7, 11) is 0. The number of aromatic nitrogens is 1. The predicted molar refractivity (Wildman–Crippen MR) is 160 cm³/mol. The molecule has 7 N–H and O–H groups in total. The second-order valence-electron chi connectivity index (χ2n) is 14.0. The Kier molecular flexibility index (Phi) is 7.56. The van der Waals surface area contributed by atoms with Gasteiger partial charge in [-0.05, 0) is 80.4 Å². The first kappa shape index (κ1) is 28.8. The Morgan fingerprint density at radius 2 is 1.76 bits per heavy atom. The quantitative estimate of drug-likeness (QED) is 0.274. The molecule has 8 nitrogen and oxygen atoms in total. The van der Waals surface area contributed by atoms with Crippen LogP contribution in [0.4, 0.5) is 0 Å². The first-order chi connectivity index (χ1) is 19.5. The van der Waals surface area contributed by atoms with Crippen LogP contribution in [0.5, 0.6) is 0 Å². The van der Waals surface area contributed by atoms with Crippen LogP contribution in [0.25, 0.3) is 6.08 Å². The van der Waals surface area contributed by atoms with Crippen molar-refractivity contribution in [2.45, 2.75) is 116 Å². The summed E-state index contributed by atoms with van der Waals surface area (Å²) >= 11 is 0. The number of nitrogens with one attached hydrogen (secondary N) is 4. The van der Waals surface area contributed by atoms with Gasteiger partial charge < -0.3 is 36.3 Å². The number of hydrogen-bond acceptors (Lipinski definition) is 6. The predicted octanol–water partition coefficient (Wildman–Crippen LogP) is 4.04. The van der Waals surface area contributed by atoms with E-state index in [0.29, 0.717) is 24.0 Å². The first-order valence-corrected chi connectivity index (χ1v) is 16.0. The van der Waals surface area contributed by atoms with Crippen molar-refractivity contribution in [3.05, 3.63) is 39.5 Å². The third kappa shape index (κ3) is 4.74. The number of fused-ring (bicyclic) bond motifs is 8. The van der Waals surface area contributed by atoms with E-state index < -0.39 is 5.97 Å². The van der Waals surface area contributed by atoms with Crippen molar-refractivity contribution in [2.24, 2.45) is 35.5 Å². The molecule has 8 bridgehead atoms. The highest BCUT2D eigenvalue weighted by atomic mass is 16.4. The van der Waals surface area contributed by atoms with Gasteiger partial charge in [0.25, 0.3) is 0 Å². The van der Waals surface area contributed by atoms with Crippen LogP contribution in [0.1, 0.15) is 82.8 Å². The van der Waals surface area contributed by atoms with Crippen LogP contribution in [0.3, 0.4) is 0 Å². The lowest BCUT2D eigenvalue weighted by Gasteiger charge is -2.31. The average Bonchev–Trinajstić information content (AvgIpc) is 3.65. The summed E-state index contributed by atoms with van der Waals surface area (Å²) in [6.07, 6.45) is 6.15. The summed E-state index contributed by atoms with van der Waals surface area (Å²) < 4.78 is 0. The smallest absolute Gasteiger partial charge is 0.303 e. The van der Waals surface area contributed by atoms with Gasteiger partial charge >= 0.3 is 5.97 Å². The summed E-state index contributed by atoms with van der Waals surface area (Å²) in [5.74, 6) is 1.11. The van der Waals surface area contributed by atoms with Crippen LogP contribution in [0.2, 0.25) is 0 Å². The van der Waals surface area contributed by atoms with Gasteiger partial charge in [0.1, 0.15) is 0 Å². The third-order valence-corrected chi connectivity index (χ3v) is 12.0. The molecule has 1 aromatic rings. The van der Waals surface area contributed by atoms with E-state index in [4.69, 9.17) is 0 Å². The summed E-state index contributed by atoms with van der Waals surface area (Å²) in [6.45, 7) is 13.0. The molecule has 5 aliphatic rings. The third-order valence-electron chi connectivity index (χ3n) is 12.0. The molecule has 0 spiro atoms. The average molecular weight is 567 g/mol. The van der Waals surface area contributed by atoms with Crippen LogP contribution in [-0.4, -0.2) is 62.6 Å². The van der Waals surface area contributed by atoms with Gasteiger partial charge in [-0.15, -0.1) is 0 Å². The van der Waals surface area contributed by atoms with E-state index in [1.807, 2.05) is 0 Å². The molecule has 226 valence electrons. The van der Waals surface area contributed by atoms with Gasteiger partial charge in [-0.25, -0.2) is 0 Å². The minimum atomic E-state index is -0.740. The van der Waals surface area contributed by atoms with Crippen LogP contribution in [-0.2, 0) is 17.6 Å². The minimum absolute atomic E-state index is 0.143. The zero-order chi connectivity index (χ0) is 29.3. The molecule has 4 aliphatic heterocycles. The maximum atomic E-state index is 11.7. The lowest BCUT2D eigenvalue weighted by Crippen LogP contribution is -2.47. The zero-order valence-electron chi connectivity index (χ0n) is 25.5. The van der Waals surface area contributed by atoms with E-state index in [1.165, 1.54) is 16.8 Å². The number of carboxylic acids is 1. The van der Waals surface area contributed by atoms with Crippen LogP contribution in [0.15, 0.2) is 17.0 Å². The van der Waals surface area contributed by atoms with Crippen LogP contribution < -0.4 is 16.0 Å². The van der Waals surface area contributed by atoms with Crippen LogP contribution >= 0.6 is 0 Å². The van der Waals surface area contributed by atoms with Gasteiger partial charge in [-0.3, -0.25) is 4.79 Å². The van der Waals surface area contributed by atoms with Crippen molar-refractivity contribution in [1.29, 1.82) is 0 Å². The van der Waals surface area contributed by atoms with E-state index in [2.05, 4.69) is 61.6 Å². The topological polar surface area (TPSA) is 130 Å². The molecule has 41 heavy (non-hydrogen) atoms. The van der Waals surface area contributed by atoms with E-state index in [9.17, 15) is 20.1 Å². The lowest BCUT2D eigenvalue weighted by molar-refractivity contribution is -0.137. The van der Waals surface area contributed by atoms with Gasteiger partial charge in [0.05, 0.1) is 11.9 Å². The number of aliphatic hydroxyl groups excluding tert-OH is 2. The Hall–Kier alpha value is -2.29. The Morgan fingerprint density at radius 3 is 2.44 bits per heavy atom. The Bertz CT molecular complexity index is 1250. The van der Waals surface area contributed by atoms with Crippen molar-refractivity contribution in [1.82, 2.24) is 20.9 Å². The summed E-state index contributed by atoms with van der Waals surface area (Å²) in [4.78, 5) is 15.4. The van der Waals surface area contributed by atoms with E-state index >= 15 is 0 Å². The molecular weight excluding hydrogens is 516 g/mol. The number of aliphatic hydroxyl groups is 2. The molecule has 5 heterocycles. The fourth-order valence-corrected chi connectivity index (χ4v) is 9.82. The molecule has 1 aromatic heterocycles. The molecule has 12 atom stereocenters. The molecule has 0 radical (unpaired) electrons. The summed E-state index contributed by atoms with van der Waals surface area (Å²) in [5.41, 5.74) is 6.97. The molecule has 1 saturated carbocycles. The molecule has 0 aromatic carbocycles. The highest BCUT2D eigenvalue weighted by Gasteiger charge is 2.57. The standard InChI is InChI=1S/C33H50N4O4/c1-7-19-14(2)22-13-27-30(18(6)38)16(4)24(35-27)11-23-15(3)20(8-9-29(40)41)32(36-23)21-10-28(39)31-17(5)25(37-33(21)31)12-26(19)34-22/h13,15-17,20-21,23-25,28,31-39H,7-12H2,1-6H3,(H,40,41)/t15-,16?,17?,20-,21?,23?,24?,25?,28?,31?,32?,33?/m0/s1. The highest BCUT2D eigenvalue weighted by molar-refractivity contribution is 5.66. The number of aromatic amines is 1. The van der Waals surface area contributed by atoms with Crippen molar-refractivity contribution < 1.29 is 20.1 Å². The number of hydrogen-bond donors (Lipinski definition) is 7. The molecule has 0 amide bonds. The van der Waals surface area contributed by atoms with Gasteiger partial charge in [0.15, 0.2) is 0 Å². The number of rotatable bonds is 4.